The van der Waals surface area contributed by atoms with Gasteiger partial charge in [-0.05, 0) is 13.3 Å². The van der Waals surface area contributed by atoms with Crippen molar-refractivity contribution in [3.63, 3.8) is 0 Å². The van der Waals surface area contributed by atoms with Crippen molar-refractivity contribution in [1.29, 1.82) is 0 Å². The Kier molecular flexibility index (Phi) is 9.95. The highest BCUT2D eigenvalue weighted by Crippen LogP contribution is 2.10. The average Bonchev–Trinajstić information content (AvgIpc) is 2.74. The molecule has 0 aromatic carbocycles. The molecule has 0 amide bonds. The summed E-state index contributed by atoms with van der Waals surface area (Å²) in [7, 11) is 1.77. The SMILES string of the molecule is C=CCNC(=NC)NCCCc1nc(C)cs1.I. The second-order valence-electron chi connectivity index (χ2n) is 3.65. The first-order valence-electron chi connectivity index (χ1n) is 5.72. The van der Waals surface area contributed by atoms with Gasteiger partial charge in [-0.2, -0.15) is 0 Å². The van der Waals surface area contributed by atoms with E-state index in [9.17, 15) is 0 Å². The predicted molar refractivity (Wildman–Crippen MR) is 90.1 cm³/mol. The molecule has 0 atom stereocenters. The highest BCUT2D eigenvalue weighted by atomic mass is 127. The molecule has 0 radical (unpaired) electrons. The van der Waals surface area contributed by atoms with Gasteiger partial charge in [-0.1, -0.05) is 6.08 Å². The van der Waals surface area contributed by atoms with Crippen molar-refractivity contribution in [3.05, 3.63) is 28.7 Å². The van der Waals surface area contributed by atoms with Gasteiger partial charge in [0.2, 0.25) is 0 Å². The van der Waals surface area contributed by atoms with Gasteiger partial charge in [0.1, 0.15) is 0 Å². The third-order valence-corrected chi connectivity index (χ3v) is 3.19. The van der Waals surface area contributed by atoms with E-state index in [1.807, 2.05) is 13.0 Å². The van der Waals surface area contributed by atoms with Crippen molar-refractivity contribution in [3.8, 4) is 0 Å². The first kappa shape index (κ1) is 17.4. The Hall–Kier alpha value is -0.630. The van der Waals surface area contributed by atoms with Crippen LogP contribution in [-0.4, -0.2) is 31.1 Å². The summed E-state index contributed by atoms with van der Waals surface area (Å²) in [4.78, 5) is 8.54. The number of nitrogens with one attached hydrogen (secondary N) is 2. The lowest BCUT2D eigenvalue weighted by Gasteiger charge is -2.09. The normalized spacial score (nSPS) is 10.7. The van der Waals surface area contributed by atoms with Crippen LogP contribution in [-0.2, 0) is 6.42 Å². The van der Waals surface area contributed by atoms with E-state index >= 15 is 0 Å². The molecule has 0 aliphatic rings. The number of aryl methyl sites for hydroxylation is 2. The van der Waals surface area contributed by atoms with Gasteiger partial charge in [0.15, 0.2) is 5.96 Å². The molecule has 1 heterocycles. The molecule has 102 valence electrons. The summed E-state index contributed by atoms with van der Waals surface area (Å²) in [6.45, 7) is 7.31. The molecule has 6 heteroatoms. The van der Waals surface area contributed by atoms with Gasteiger partial charge in [0, 0.05) is 37.6 Å². The van der Waals surface area contributed by atoms with Gasteiger partial charge in [-0.25, -0.2) is 4.98 Å². The number of aromatic nitrogens is 1. The van der Waals surface area contributed by atoms with E-state index in [0.717, 1.165) is 37.6 Å². The Bertz CT molecular complexity index is 376. The third kappa shape index (κ3) is 6.95. The Balaban J connectivity index is 0.00000289. The van der Waals surface area contributed by atoms with Crippen LogP contribution >= 0.6 is 35.3 Å². The number of thiazole rings is 1. The second kappa shape index (κ2) is 10.3. The summed E-state index contributed by atoms with van der Waals surface area (Å²) in [5.74, 6) is 0.820. The van der Waals surface area contributed by atoms with E-state index < -0.39 is 0 Å². The molecule has 1 aromatic rings. The van der Waals surface area contributed by atoms with E-state index in [-0.39, 0.29) is 24.0 Å². The van der Waals surface area contributed by atoms with Gasteiger partial charge in [-0.3, -0.25) is 4.99 Å². The third-order valence-electron chi connectivity index (χ3n) is 2.16. The van der Waals surface area contributed by atoms with Crippen molar-refractivity contribution in [2.75, 3.05) is 20.1 Å². The van der Waals surface area contributed by atoms with Gasteiger partial charge in [-0.15, -0.1) is 41.9 Å². The van der Waals surface area contributed by atoms with Crippen LogP contribution in [0.5, 0.6) is 0 Å². The summed E-state index contributed by atoms with van der Waals surface area (Å²) in [6.07, 6.45) is 3.89. The summed E-state index contributed by atoms with van der Waals surface area (Å²) < 4.78 is 0. The number of hydrogen-bond donors (Lipinski definition) is 2. The average molecular weight is 380 g/mol. The molecule has 0 saturated heterocycles. The largest absolute Gasteiger partial charge is 0.356 e. The molecule has 0 fully saturated rings. The molecule has 18 heavy (non-hydrogen) atoms. The molecule has 1 rings (SSSR count). The molecule has 0 unspecified atom stereocenters. The molecule has 0 spiro atoms. The van der Waals surface area contributed by atoms with Crippen LogP contribution in [0.3, 0.4) is 0 Å². The quantitative estimate of drug-likeness (QED) is 0.262. The molecular weight excluding hydrogens is 359 g/mol. The summed E-state index contributed by atoms with van der Waals surface area (Å²) >= 11 is 1.73. The topological polar surface area (TPSA) is 49.3 Å². The van der Waals surface area contributed by atoms with E-state index in [4.69, 9.17) is 0 Å². The lowest BCUT2D eigenvalue weighted by atomic mass is 10.3. The fourth-order valence-electron chi connectivity index (χ4n) is 1.35. The molecule has 1 aromatic heterocycles. The van der Waals surface area contributed by atoms with Crippen LogP contribution in [0.2, 0.25) is 0 Å². The van der Waals surface area contributed by atoms with E-state index in [1.54, 1.807) is 18.4 Å². The smallest absolute Gasteiger partial charge is 0.191 e. The van der Waals surface area contributed by atoms with Crippen LogP contribution in [0, 0.1) is 6.92 Å². The number of rotatable bonds is 6. The Labute approximate surface area is 130 Å². The fourth-order valence-corrected chi connectivity index (χ4v) is 2.17. The van der Waals surface area contributed by atoms with Crippen LogP contribution in [0.1, 0.15) is 17.1 Å². The monoisotopic (exact) mass is 380 g/mol. The number of nitrogens with zero attached hydrogens (tertiary/aromatic N) is 2. The lowest BCUT2D eigenvalue weighted by Crippen LogP contribution is -2.37. The van der Waals surface area contributed by atoms with Gasteiger partial charge >= 0.3 is 0 Å². The zero-order valence-corrected chi connectivity index (χ0v) is 14.0. The van der Waals surface area contributed by atoms with Crippen LogP contribution in [0.4, 0.5) is 0 Å². The van der Waals surface area contributed by atoms with Crippen molar-refractivity contribution < 1.29 is 0 Å². The summed E-state index contributed by atoms with van der Waals surface area (Å²) in [5.41, 5.74) is 1.11. The molecular formula is C12H21IN4S. The van der Waals surface area contributed by atoms with Gasteiger partial charge < -0.3 is 10.6 Å². The maximum Gasteiger partial charge on any atom is 0.191 e. The number of guanidine groups is 1. The maximum atomic E-state index is 4.43. The van der Waals surface area contributed by atoms with Crippen molar-refractivity contribution in [2.45, 2.75) is 19.8 Å². The minimum Gasteiger partial charge on any atom is -0.356 e. The highest BCUT2D eigenvalue weighted by Gasteiger charge is 1.99. The fraction of sp³-hybridized carbons (Fsp3) is 0.500. The minimum absolute atomic E-state index is 0. The number of halogens is 1. The first-order valence-corrected chi connectivity index (χ1v) is 6.60. The molecule has 4 nitrogen and oxygen atoms in total. The van der Waals surface area contributed by atoms with E-state index in [0.29, 0.717) is 0 Å². The van der Waals surface area contributed by atoms with Crippen LogP contribution in [0.25, 0.3) is 0 Å². The summed E-state index contributed by atoms with van der Waals surface area (Å²) in [5, 5.41) is 9.68. The second-order valence-corrected chi connectivity index (χ2v) is 4.60. The molecule has 2 N–H and O–H groups in total. The van der Waals surface area contributed by atoms with E-state index in [2.05, 4.69) is 32.6 Å². The highest BCUT2D eigenvalue weighted by molar-refractivity contribution is 14.0. The molecule has 0 aliphatic heterocycles. The van der Waals surface area contributed by atoms with Crippen molar-refractivity contribution in [1.82, 2.24) is 15.6 Å². The number of hydrogen-bond acceptors (Lipinski definition) is 3. The van der Waals surface area contributed by atoms with Crippen LogP contribution in [0.15, 0.2) is 23.0 Å². The molecule has 0 aliphatic carbocycles. The number of aliphatic imine (C=N–C) groups is 1. The van der Waals surface area contributed by atoms with Crippen molar-refractivity contribution >= 4 is 41.3 Å². The van der Waals surface area contributed by atoms with Gasteiger partial charge in [0.05, 0.1) is 5.01 Å². The molecule has 0 bridgehead atoms. The standard InChI is InChI=1S/C12H20N4S.HI/c1-4-7-14-12(13-3)15-8-5-6-11-16-10(2)9-17-11;/h4,9H,1,5-8H2,2-3H3,(H2,13,14,15);1H. The van der Waals surface area contributed by atoms with Crippen molar-refractivity contribution in [2.24, 2.45) is 4.99 Å². The Morgan fingerprint density at radius 1 is 1.56 bits per heavy atom. The van der Waals surface area contributed by atoms with Gasteiger partial charge in [0.25, 0.3) is 0 Å². The molecule has 0 saturated carbocycles. The predicted octanol–water partition coefficient (Wildman–Crippen LogP) is 2.35. The zero-order valence-electron chi connectivity index (χ0n) is 10.9. The Morgan fingerprint density at radius 3 is 2.89 bits per heavy atom. The van der Waals surface area contributed by atoms with E-state index in [1.165, 1.54) is 5.01 Å². The Morgan fingerprint density at radius 2 is 2.33 bits per heavy atom. The minimum atomic E-state index is 0. The maximum absolute atomic E-state index is 4.43. The van der Waals surface area contributed by atoms with Crippen LogP contribution < -0.4 is 10.6 Å². The zero-order chi connectivity index (χ0) is 12.5. The lowest BCUT2D eigenvalue weighted by molar-refractivity contribution is 0.749. The first-order chi connectivity index (χ1) is 8.26. The summed E-state index contributed by atoms with van der Waals surface area (Å²) in [6, 6.07) is 0.